The van der Waals surface area contributed by atoms with Gasteiger partial charge in [0, 0.05) is 24.7 Å². The van der Waals surface area contributed by atoms with E-state index in [1.807, 2.05) is 24.3 Å². The van der Waals surface area contributed by atoms with Crippen LogP contribution in [0.25, 0.3) is 0 Å². The second kappa shape index (κ2) is 9.76. The minimum atomic E-state index is -0.656. The smallest absolute Gasteiger partial charge is 0.331 e. The van der Waals surface area contributed by atoms with E-state index in [4.69, 9.17) is 11.6 Å². The summed E-state index contributed by atoms with van der Waals surface area (Å²) in [6, 6.07) is 11.4. The quantitative estimate of drug-likeness (QED) is 0.460. The molecule has 0 N–H and O–H groups in total. The van der Waals surface area contributed by atoms with Crippen LogP contribution >= 0.6 is 23.4 Å². The maximum Gasteiger partial charge on any atom is 0.331 e. The molecule has 0 atom stereocenters. The van der Waals surface area contributed by atoms with Crippen molar-refractivity contribution in [2.45, 2.75) is 19.4 Å². The summed E-state index contributed by atoms with van der Waals surface area (Å²) in [4.78, 5) is 44.5. The SMILES string of the molecule is COC(=O)/C=C1/SC(=Nc2ccc(F)c(Cl)c2)N(Cc2ccc(N3CCCC3=O)cc2)C1=O. The molecule has 0 unspecified atom stereocenters. The van der Waals surface area contributed by atoms with Gasteiger partial charge < -0.3 is 9.64 Å². The predicted octanol–water partition coefficient (Wildman–Crippen LogP) is 4.43. The Morgan fingerprint density at radius 1 is 1.24 bits per heavy atom. The summed E-state index contributed by atoms with van der Waals surface area (Å²) in [6.45, 7) is 0.879. The van der Waals surface area contributed by atoms with Crippen LogP contribution in [0.3, 0.4) is 0 Å². The molecule has 2 fully saturated rings. The second-order valence-corrected chi connectivity index (χ2v) is 8.75. The van der Waals surface area contributed by atoms with Crippen molar-refractivity contribution < 1.29 is 23.5 Å². The number of hydrogen-bond acceptors (Lipinski definition) is 6. The number of esters is 1. The fourth-order valence-electron chi connectivity index (χ4n) is 3.45. The molecule has 170 valence electrons. The van der Waals surface area contributed by atoms with E-state index in [9.17, 15) is 18.8 Å². The summed E-state index contributed by atoms with van der Waals surface area (Å²) >= 11 is 6.87. The van der Waals surface area contributed by atoms with Gasteiger partial charge in [-0.25, -0.2) is 14.2 Å². The van der Waals surface area contributed by atoms with Crippen LogP contribution in [0.1, 0.15) is 18.4 Å². The molecule has 33 heavy (non-hydrogen) atoms. The maximum atomic E-state index is 13.5. The highest BCUT2D eigenvalue weighted by Crippen LogP contribution is 2.35. The molecule has 2 amide bonds. The van der Waals surface area contributed by atoms with E-state index >= 15 is 0 Å². The molecule has 2 aromatic carbocycles. The Labute approximate surface area is 198 Å². The average molecular weight is 488 g/mol. The highest BCUT2D eigenvalue weighted by molar-refractivity contribution is 8.18. The number of amidine groups is 1. The molecule has 2 aliphatic heterocycles. The number of ether oxygens (including phenoxy) is 1. The summed E-state index contributed by atoms with van der Waals surface area (Å²) < 4.78 is 18.2. The molecule has 0 radical (unpaired) electrons. The predicted molar refractivity (Wildman–Crippen MR) is 125 cm³/mol. The van der Waals surface area contributed by atoms with Gasteiger partial charge >= 0.3 is 5.97 Å². The number of halogens is 2. The Hall–Kier alpha value is -3.17. The van der Waals surface area contributed by atoms with Crippen molar-refractivity contribution in [3.05, 3.63) is 69.8 Å². The first-order valence-corrected chi connectivity index (χ1v) is 11.3. The van der Waals surface area contributed by atoms with Gasteiger partial charge in [-0.2, -0.15) is 0 Å². The molecular formula is C23H19ClFN3O4S. The van der Waals surface area contributed by atoms with Gasteiger partial charge in [-0.3, -0.25) is 14.5 Å². The number of rotatable bonds is 5. The van der Waals surface area contributed by atoms with Crippen LogP contribution in [-0.2, 0) is 25.7 Å². The largest absolute Gasteiger partial charge is 0.466 e. The first kappa shape index (κ1) is 23.0. The van der Waals surface area contributed by atoms with Crippen molar-refractivity contribution in [3.63, 3.8) is 0 Å². The Balaban J connectivity index is 1.62. The van der Waals surface area contributed by atoms with Crippen molar-refractivity contribution in [3.8, 4) is 0 Å². The zero-order valence-corrected chi connectivity index (χ0v) is 19.2. The molecule has 2 heterocycles. The third-order valence-electron chi connectivity index (χ3n) is 5.13. The lowest BCUT2D eigenvalue weighted by molar-refractivity contribution is -0.135. The zero-order chi connectivity index (χ0) is 23.5. The number of aliphatic imine (C=N–C) groups is 1. The fourth-order valence-corrected chi connectivity index (χ4v) is 4.58. The van der Waals surface area contributed by atoms with Crippen LogP contribution in [0.15, 0.2) is 58.4 Å². The minimum absolute atomic E-state index is 0.0879. The summed E-state index contributed by atoms with van der Waals surface area (Å²) in [5.74, 6) is -1.54. The number of benzene rings is 2. The van der Waals surface area contributed by atoms with Crippen molar-refractivity contribution >= 4 is 57.7 Å². The van der Waals surface area contributed by atoms with E-state index in [0.717, 1.165) is 35.5 Å². The molecule has 0 aromatic heterocycles. The Morgan fingerprint density at radius 3 is 2.64 bits per heavy atom. The van der Waals surface area contributed by atoms with E-state index in [2.05, 4.69) is 9.73 Å². The number of anilines is 1. The van der Waals surface area contributed by atoms with Crippen molar-refractivity contribution in [1.29, 1.82) is 0 Å². The standard InChI is InChI=1S/C23H19ClFN3O4S/c1-32-21(30)12-19-22(31)28(23(33-19)26-15-6-9-18(25)17(24)11-15)13-14-4-7-16(8-5-14)27-10-2-3-20(27)29/h4-9,11-12H,2-3,10,13H2,1H3/b19-12+,26-23?. The Kier molecular flexibility index (Phi) is 6.80. The van der Waals surface area contributed by atoms with E-state index in [1.54, 1.807) is 4.90 Å². The van der Waals surface area contributed by atoms with Crippen LogP contribution in [0, 0.1) is 5.82 Å². The van der Waals surface area contributed by atoms with Crippen LogP contribution < -0.4 is 4.90 Å². The van der Waals surface area contributed by atoms with Gasteiger partial charge in [0.1, 0.15) is 5.82 Å². The number of methoxy groups -OCH3 is 1. The third kappa shape index (κ3) is 5.09. The topological polar surface area (TPSA) is 79.3 Å². The molecule has 2 aliphatic rings. The van der Waals surface area contributed by atoms with Crippen LogP contribution in [-0.4, -0.2) is 41.5 Å². The van der Waals surface area contributed by atoms with Crippen molar-refractivity contribution in [2.75, 3.05) is 18.6 Å². The second-order valence-electron chi connectivity index (χ2n) is 7.33. The summed E-state index contributed by atoms with van der Waals surface area (Å²) in [6.07, 6.45) is 2.49. The normalized spacial score (nSPS) is 18.6. The molecule has 2 aromatic rings. The maximum absolute atomic E-state index is 13.5. The first-order valence-electron chi connectivity index (χ1n) is 10.1. The first-order chi connectivity index (χ1) is 15.9. The molecule has 4 rings (SSSR count). The van der Waals surface area contributed by atoms with Crippen LogP contribution in [0.2, 0.25) is 5.02 Å². The lowest BCUT2D eigenvalue weighted by Crippen LogP contribution is -2.28. The van der Waals surface area contributed by atoms with Crippen LogP contribution in [0.4, 0.5) is 15.8 Å². The van der Waals surface area contributed by atoms with Gasteiger partial charge in [0.2, 0.25) is 5.91 Å². The van der Waals surface area contributed by atoms with Gasteiger partial charge in [-0.1, -0.05) is 23.7 Å². The number of nitrogens with zero attached hydrogens (tertiary/aromatic N) is 3. The van der Waals surface area contributed by atoms with E-state index in [-0.39, 0.29) is 22.4 Å². The van der Waals surface area contributed by atoms with E-state index in [1.165, 1.54) is 30.2 Å². The van der Waals surface area contributed by atoms with Crippen molar-refractivity contribution in [2.24, 2.45) is 4.99 Å². The Morgan fingerprint density at radius 2 is 2.00 bits per heavy atom. The molecule has 0 aliphatic carbocycles. The zero-order valence-electron chi connectivity index (χ0n) is 17.6. The summed E-state index contributed by atoms with van der Waals surface area (Å²) in [7, 11) is 1.23. The molecule has 2 saturated heterocycles. The van der Waals surface area contributed by atoms with Gasteiger partial charge in [0.05, 0.1) is 29.3 Å². The third-order valence-corrected chi connectivity index (χ3v) is 6.42. The highest BCUT2D eigenvalue weighted by atomic mass is 35.5. The number of carbonyl (C=O) groups excluding carboxylic acids is 3. The number of carbonyl (C=O) groups is 3. The molecule has 10 heteroatoms. The summed E-state index contributed by atoms with van der Waals surface area (Å²) in [5, 5.41) is 0.228. The lowest BCUT2D eigenvalue weighted by atomic mass is 10.2. The monoisotopic (exact) mass is 487 g/mol. The van der Waals surface area contributed by atoms with Gasteiger partial charge in [0.25, 0.3) is 5.91 Å². The summed E-state index contributed by atoms with van der Waals surface area (Å²) in [5.41, 5.74) is 1.98. The van der Waals surface area contributed by atoms with Crippen molar-refractivity contribution in [1.82, 2.24) is 4.90 Å². The van der Waals surface area contributed by atoms with Gasteiger partial charge in [-0.15, -0.1) is 0 Å². The minimum Gasteiger partial charge on any atom is -0.466 e. The fraction of sp³-hybridized carbons (Fsp3) is 0.217. The molecule has 0 bridgehead atoms. The van der Waals surface area contributed by atoms with Gasteiger partial charge in [0.15, 0.2) is 5.17 Å². The lowest BCUT2D eigenvalue weighted by Gasteiger charge is -2.18. The molecule has 0 saturated carbocycles. The average Bonchev–Trinajstić information content (AvgIpc) is 3.35. The molecule has 0 spiro atoms. The highest BCUT2D eigenvalue weighted by Gasteiger charge is 2.34. The van der Waals surface area contributed by atoms with Crippen LogP contribution in [0.5, 0.6) is 0 Å². The molecular weight excluding hydrogens is 469 g/mol. The number of amides is 2. The Bertz CT molecular complexity index is 1180. The van der Waals surface area contributed by atoms with E-state index in [0.29, 0.717) is 23.8 Å². The molecule has 7 nitrogen and oxygen atoms in total. The van der Waals surface area contributed by atoms with E-state index < -0.39 is 17.7 Å². The van der Waals surface area contributed by atoms with Gasteiger partial charge in [-0.05, 0) is 54.1 Å². The number of hydrogen-bond donors (Lipinski definition) is 0. The number of thioether (sulfide) groups is 1.